The van der Waals surface area contributed by atoms with Gasteiger partial charge in [-0.3, -0.25) is 14.9 Å². The number of rotatable bonds is 4. The molecule has 29 heavy (non-hydrogen) atoms. The Balaban J connectivity index is 1.54. The first-order chi connectivity index (χ1) is 14.0. The molecule has 3 aromatic rings. The summed E-state index contributed by atoms with van der Waals surface area (Å²) in [6.07, 6.45) is 4.41. The Labute approximate surface area is 176 Å². The third kappa shape index (κ3) is 4.35. The fraction of sp³-hybridized carbons (Fsp3) is 0.348. The maximum atomic E-state index is 12.9. The molecule has 0 radical (unpaired) electrons. The van der Waals surface area contributed by atoms with Crippen LogP contribution in [-0.2, 0) is 6.42 Å². The van der Waals surface area contributed by atoms with E-state index in [-0.39, 0.29) is 11.8 Å². The second-order valence-electron chi connectivity index (χ2n) is 7.81. The van der Waals surface area contributed by atoms with E-state index in [1.165, 1.54) is 5.56 Å². The summed E-state index contributed by atoms with van der Waals surface area (Å²) in [5.41, 5.74) is 5.85. The summed E-state index contributed by atoms with van der Waals surface area (Å²) in [6, 6.07) is 12.2. The van der Waals surface area contributed by atoms with Crippen LogP contribution in [0.2, 0.25) is 5.02 Å². The lowest BCUT2D eigenvalue weighted by Gasteiger charge is -2.32. The highest BCUT2D eigenvalue weighted by atomic mass is 35.5. The van der Waals surface area contributed by atoms with Crippen LogP contribution in [0.5, 0.6) is 0 Å². The van der Waals surface area contributed by atoms with Crippen molar-refractivity contribution in [2.24, 2.45) is 0 Å². The standard InChI is InChI=1S/C23H25ClN4O/c1-15-10-17(11-18-6-3-4-8-21(18)24)12-22(26-15)19-7-5-9-28(14-19)23(29)20-13-25-27-16(20)2/h3-4,6,8,10,12-13,19H,5,7,9,11,14H2,1-2H3,(H,25,27)/t19-/m1/s1. The predicted octanol–water partition coefficient (Wildman–Crippen LogP) is 4.69. The SMILES string of the molecule is Cc1cc(Cc2ccccc2Cl)cc([C@@H]2CCCN(C(=O)c3cn[nH]c3C)C2)n1. The van der Waals surface area contributed by atoms with Crippen molar-refractivity contribution >= 4 is 17.5 Å². The highest BCUT2D eigenvalue weighted by Gasteiger charge is 2.28. The topological polar surface area (TPSA) is 61.9 Å². The third-order valence-electron chi connectivity index (χ3n) is 5.57. The Morgan fingerprint density at radius 2 is 2.10 bits per heavy atom. The molecule has 6 heteroatoms. The van der Waals surface area contributed by atoms with E-state index < -0.39 is 0 Å². The summed E-state index contributed by atoms with van der Waals surface area (Å²) in [4.78, 5) is 19.6. The lowest BCUT2D eigenvalue weighted by Crippen LogP contribution is -2.39. The van der Waals surface area contributed by atoms with Crippen molar-refractivity contribution in [3.05, 3.63) is 81.4 Å². The van der Waals surface area contributed by atoms with Crippen LogP contribution in [0.4, 0.5) is 0 Å². The van der Waals surface area contributed by atoms with Crippen LogP contribution in [0.1, 0.15) is 57.3 Å². The first kappa shape index (κ1) is 19.6. The average Bonchev–Trinajstić information content (AvgIpc) is 3.15. The van der Waals surface area contributed by atoms with E-state index in [0.29, 0.717) is 12.1 Å². The fourth-order valence-electron chi connectivity index (χ4n) is 4.08. The number of pyridine rings is 1. The van der Waals surface area contributed by atoms with Crippen LogP contribution in [-0.4, -0.2) is 39.1 Å². The van der Waals surface area contributed by atoms with Gasteiger partial charge in [0.25, 0.3) is 5.91 Å². The van der Waals surface area contributed by atoms with E-state index in [4.69, 9.17) is 16.6 Å². The summed E-state index contributed by atoms with van der Waals surface area (Å²) in [5.74, 6) is 0.287. The zero-order valence-electron chi connectivity index (χ0n) is 16.8. The first-order valence-electron chi connectivity index (χ1n) is 10.0. The van der Waals surface area contributed by atoms with E-state index in [0.717, 1.165) is 53.5 Å². The van der Waals surface area contributed by atoms with Crippen molar-refractivity contribution in [2.75, 3.05) is 13.1 Å². The van der Waals surface area contributed by atoms with Gasteiger partial charge in [-0.2, -0.15) is 5.10 Å². The summed E-state index contributed by atoms with van der Waals surface area (Å²) >= 11 is 6.35. The highest BCUT2D eigenvalue weighted by Crippen LogP contribution is 2.29. The van der Waals surface area contributed by atoms with Crippen LogP contribution in [0.25, 0.3) is 0 Å². The second kappa shape index (κ2) is 8.37. The molecule has 1 aliphatic rings. The molecule has 1 fully saturated rings. The highest BCUT2D eigenvalue weighted by molar-refractivity contribution is 6.31. The van der Waals surface area contributed by atoms with Gasteiger partial charge in [0.1, 0.15) is 0 Å². The number of nitrogens with zero attached hydrogens (tertiary/aromatic N) is 3. The molecule has 1 N–H and O–H groups in total. The van der Waals surface area contributed by atoms with Crippen molar-refractivity contribution in [2.45, 2.75) is 39.0 Å². The molecule has 1 aliphatic heterocycles. The summed E-state index contributed by atoms with van der Waals surface area (Å²) < 4.78 is 0. The quantitative estimate of drug-likeness (QED) is 0.681. The number of piperidine rings is 1. The lowest BCUT2D eigenvalue weighted by molar-refractivity contribution is 0.0705. The minimum absolute atomic E-state index is 0.0462. The van der Waals surface area contributed by atoms with Gasteiger partial charge in [-0.1, -0.05) is 29.8 Å². The normalized spacial score (nSPS) is 16.8. The van der Waals surface area contributed by atoms with Gasteiger partial charge in [0.15, 0.2) is 0 Å². The number of likely N-dealkylation sites (tertiary alicyclic amines) is 1. The molecule has 3 heterocycles. The molecule has 5 nitrogen and oxygen atoms in total. The van der Waals surface area contributed by atoms with Gasteiger partial charge in [0, 0.05) is 41.1 Å². The van der Waals surface area contributed by atoms with Gasteiger partial charge in [0.2, 0.25) is 0 Å². The molecule has 0 bridgehead atoms. The van der Waals surface area contributed by atoms with Crippen molar-refractivity contribution in [3.63, 3.8) is 0 Å². The summed E-state index contributed by atoms with van der Waals surface area (Å²) in [6.45, 7) is 5.37. The van der Waals surface area contributed by atoms with Gasteiger partial charge in [0.05, 0.1) is 11.8 Å². The van der Waals surface area contributed by atoms with E-state index in [1.54, 1.807) is 6.20 Å². The largest absolute Gasteiger partial charge is 0.338 e. The van der Waals surface area contributed by atoms with E-state index in [1.807, 2.05) is 36.9 Å². The Kier molecular flexibility index (Phi) is 5.67. The molecule has 1 amide bonds. The molecule has 2 aromatic heterocycles. The van der Waals surface area contributed by atoms with E-state index in [2.05, 4.69) is 28.4 Å². The number of nitrogens with one attached hydrogen (secondary N) is 1. The number of carbonyl (C=O) groups is 1. The maximum Gasteiger partial charge on any atom is 0.257 e. The third-order valence-corrected chi connectivity index (χ3v) is 5.94. The number of aromatic amines is 1. The molecule has 4 rings (SSSR count). The smallest absolute Gasteiger partial charge is 0.257 e. The van der Waals surface area contributed by atoms with Crippen molar-refractivity contribution in [3.8, 4) is 0 Å². The van der Waals surface area contributed by atoms with Crippen LogP contribution in [0.15, 0.2) is 42.6 Å². The van der Waals surface area contributed by atoms with Gasteiger partial charge in [-0.25, -0.2) is 0 Å². The number of hydrogen-bond acceptors (Lipinski definition) is 3. The Hall–Kier alpha value is -2.66. The minimum Gasteiger partial charge on any atom is -0.338 e. The lowest BCUT2D eigenvalue weighted by atomic mass is 9.92. The molecule has 0 aliphatic carbocycles. The number of benzene rings is 1. The Morgan fingerprint density at radius 3 is 2.86 bits per heavy atom. The fourth-order valence-corrected chi connectivity index (χ4v) is 4.28. The van der Waals surface area contributed by atoms with Crippen LogP contribution >= 0.6 is 11.6 Å². The number of aromatic nitrogens is 3. The molecule has 1 aromatic carbocycles. The van der Waals surface area contributed by atoms with Crippen molar-refractivity contribution in [1.82, 2.24) is 20.1 Å². The second-order valence-corrected chi connectivity index (χ2v) is 8.22. The molecule has 0 spiro atoms. The van der Waals surface area contributed by atoms with Gasteiger partial charge in [-0.15, -0.1) is 0 Å². The van der Waals surface area contributed by atoms with Crippen LogP contribution < -0.4 is 0 Å². The monoisotopic (exact) mass is 408 g/mol. The van der Waals surface area contributed by atoms with E-state index >= 15 is 0 Å². The summed E-state index contributed by atoms with van der Waals surface area (Å²) in [7, 11) is 0. The molecule has 150 valence electrons. The minimum atomic E-state index is 0.0462. The molecule has 0 saturated carbocycles. The number of carbonyl (C=O) groups excluding carboxylic acids is 1. The molecule has 1 atom stereocenters. The van der Waals surface area contributed by atoms with Gasteiger partial charge >= 0.3 is 0 Å². The number of H-pyrrole nitrogens is 1. The summed E-state index contributed by atoms with van der Waals surface area (Å²) in [5, 5.41) is 7.63. The number of aryl methyl sites for hydroxylation is 2. The average molecular weight is 409 g/mol. The Bertz CT molecular complexity index is 1030. The molecule has 1 saturated heterocycles. The number of halogens is 1. The number of amides is 1. The number of hydrogen-bond donors (Lipinski definition) is 1. The first-order valence-corrected chi connectivity index (χ1v) is 10.4. The molecular formula is C23H25ClN4O. The van der Waals surface area contributed by atoms with Gasteiger partial charge in [-0.05, 0) is 62.4 Å². The maximum absolute atomic E-state index is 12.9. The molecular weight excluding hydrogens is 384 g/mol. The molecule has 0 unspecified atom stereocenters. The van der Waals surface area contributed by atoms with Crippen molar-refractivity contribution < 1.29 is 4.79 Å². The predicted molar refractivity (Wildman–Crippen MR) is 114 cm³/mol. The van der Waals surface area contributed by atoms with Crippen molar-refractivity contribution in [1.29, 1.82) is 0 Å². The van der Waals surface area contributed by atoms with Crippen LogP contribution in [0, 0.1) is 13.8 Å². The zero-order chi connectivity index (χ0) is 20.4. The Morgan fingerprint density at radius 1 is 1.28 bits per heavy atom. The van der Waals surface area contributed by atoms with E-state index in [9.17, 15) is 4.79 Å². The van der Waals surface area contributed by atoms with Gasteiger partial charge < -0.3 is 4.90 Å². The zero-order valence-corrected chi connectivity index (χ0v) is 17.5. The van der Waals surface area contributed by atoms with Crippen LogP contribution in [0.3, 0.4) is 0 Å².